The first-order valence-electron chi connectivity index (χ1n) is 5.38. The van der Waals surface area contributed by atoms with Crippen LogP contribution in [-0.4, -0.2) is 55.6 Å². The van der Waals surface area contributed by atoms with Crippen molar-refractivity contribution in [3.05, 3.63) is 38.0 Å². The summed E-state index contributed by atoms with van der Waals surface area (Å²) in [6.07, 6.45) is 1.31. The Balaban J connectivity index is -0.0000000921. The summed E-state index contributed by atoms with van der Waals surface area (Å²) in [5.41, 5.74) is 0. The fourth-order valence-corrected chi connectivity index (χ4v) is 0. The molecule has 0 saturated heterocycles. The molecule has 0 fully saturated rings. The molecule has 0 saturated carbocycles. The Hall–Kier alpha value is -2.45. The van der Waals surface area contributed by atoms with Crippen LogP contribution in [0.3, 0.4) is 0 Å². The lowest BCUT2D eigenvalue weighted by Crippen LogP contribution is -2.17. The number of aliphatic carboxylic acids is 3. The first-order chi connectivity index (χ1) is 9.45. The predicted molar refractivity (Wildman–Crippen MR) is 76.9 cm³/mol. The monoisotopic (exact) mass is 306 g/mol. The molecule has 122 valence electrons. The molecule has 8 nitrogen and oxygen atoms in total. The average molecular weight is 306 g/mol. The summed E-state index contributed by atoms with van der Waals surface area (Å²) in [5, 5.41) is 39.6. The van der Waals surface area contributed by atoms with Crippen LogP contribution in [0.25, 0.3) is 0 Å². The fraction of sp³-hybridized carbons (Fsp3) is 0.308. The Kier molecular flexibility index (Phi) is 25.5. The molecule has 0 amide bonds. The Morgan fingerprint density at radius 3 is 0.810 bits per heavy atom. The quantitative estimate of drug-likeness (QED) is 0.471. The number of carbonyl (C=O) groups is 3. The van der Waals surface area contributed by atoms with Crippen molar-refractivity contribution in [2.45, 2.75) is 26.1 Å². The molecule has 8 heteroatoms. The molecule has 21 heavy (non-hydrogen) atoms. The van der Waals surface area contributed by atoms with E-state index < -0.39 is 30.1 Å². The average Bonchev–Trinajstić information content (AvgIpc) is 2.40. The lowest BCUT2D eigenvalue weighted by Gasteiger charge is -2.03. The number of hydrogen-bond donors (Lipinski definition) is 5. The molecule has 0 heterocycles. The van der Waals surface area contributed by atoms with Crippen LogP contribution in [0.5, 0.6) is 0 Å². The molecular weight excluding hydrogens is 284 g/mol. The smallest absolute Gasteiger partial charge is 0.327 e. The number of aliphatic hydroxyl groups excluding tert-OH is 2. The summed E-state index contributed by atoms with van der Waals surface area (Å²) in [7, 11) is 0. The van der Waals surface area contributed by atoms with Gasteiger partial charge in [-0.1, -0.05) is 19.7 Å². The topological polar surface area (TPSA) is 152 Å². The third-order valence-corrected chi connectivity index (χ3v) is 1.22. The van der Waals surface area contributed by atoms with Crippen molar-refractivity contribution in [3.63, 3.8) is 0 Å². The standard InChI is InChI=1S/C4H10O2.3C3H4O2/c1-3(5)4(2)6;3*1-2-3(4)5/h3-6H,1-2H3;3*2H,1H2,(H,4,5). The van der Waals surface area contributed by atoms with Crippen LogP contribution in [0.1, 0.15) is 13.8 Å². The largest absolute Gasteiger partial charge is 0.478 e. The molecule has 0 bridgehead atoms. The molecule has 0 rings (SSSR count). The molecule has 5 N–H and O–H groups in total. The van der Waals surface area contributed by atoms with Crippen LogP contribution in [0.15, 0.2) is 38.0 Å². The lowest BCUT2D eigenvalue weighted by molar-refractivity contribution is -0.132. The molecular formula is C13H22O8. The van der Waals surface area contributed by atoms with Gasteiger partial charge < -0.3 is 25.5 Å². The van der Waals surface area contributed by atoms with E-state index in [1.165, 1.54) is 0 Å². The Bertz CT molecular complexity index is 282. The van der Waals surface area contributed by atoms with Crippen molar-refractivity contribution in [2.75, 3.05) is 0 Å². The van der Waals surface area contributed by atoms with Gasteiger partial charge in [0.15, 0.2) is 0 Å². The van der Waals surface area contributed by atoms with Gasteiger partial charge in [0.2, 0.25) is 0 Å². The highest BCUT2D eigenvalue weighted by Crippen LogP contribution is 1.85. The van der Waals surface area contributed by atoms with Crippen LogP contribution < -0.4 is 0 Å². The zero-order chi connectivity index (χ0) is 18.0. The van der Waals surface area contributed by atoms with E-state index in [0.29, 0.717) is 0 Å². The van der Waals surface area contributed by atoms with E-state index in [2.05, 4.69) is 19.7 Å². The third kappa shape index (κ3) is 74.4. The minimum Gasteiger partial charge on any atom is -0.478 e. The van der Waals surface area contributed by atoms with Crippen molar-refractivity contribution < 1.29 is 39.9 Å². The van der Waals surface area contributed by atoms with E-state index in [0.717, 1.165) is 18.2 Å². The number of aliphatic hydroxyl groups is 2. The second-order valence-electron chi connectivity index (χ2n) is 3.11. The minimum absolute atomic E-state index is 0.593. The Morgan fingerprint density at radius 1 is 0.714 bits per heavy atom. The van der Waals surface area contributed by atoms with Crippen molar-refractivity contribution >= 4 is 17.9 Å². The first-order valence-corrected chi connectivity index (χ1v) is 5.38. The summed E-state index contributed by atoms with van der Waals surface area (Å²) in [5.74, 6) is -2.94. The van der Waals surface area contributed by atoms with Gasteiger partial charge in [-0.2, -0.15) is 0 Å². The second kappa shape index (κ2) is 19.9. The molecule has 0 spiro atoms. The molecule has 0 aromatic rings. The van der Waals surface area contributed by atoms with Gasteiger partial charge in [-0.3, -0.25) is 0 Å². The highest BCUT2D eigenvalue weighted by atomic mass is 16.4. The van der Waals surface area contributed by atoms with Crippen molar-refractivity contribution in [1.29, 1.82) is 0 Å². The van der Waals surface area contributed by atoms with E-state index in [1.807, 2.05) is 0 Å². The Morgan fingerprint density at radius 2 is 0.810 bits per heavy atom. The van der Waals surface area contributed by atoms with Gasteiger partial charge in [-0.05, 0) is 13.8 Å². The summed E-state index contributed by atoms with van der Waals surface area (Å²) in [6.45, 7) is 12.0. The van der Waals surface area contributed by atoms with Crippen LogP contribution in [0, 0.1) is 0 Å². The SMILES string of the molecule is C=CC(=O)O.C=CC(=O)O.C=CC(=O)O.CC(O)C(C)O. The van der Waals surface area contributed by atoms with Gasteiger partial charge in [-0.25, -0.2) is 14.4 Å². The maximum absolute atomic E-state index is 9.25. The molecule has 0 aliphatic heterocycles. The molecule has 0 aliphatic carbocycles. The van der Waals surface area contributed by atoms with Crippen molar-refractivity contribution in [1.82, 2.24) is 0 Å². The zero-order valence-corrected chi connectivity index (χ0v) is 12.0. The summed E-state index contributed by atoms with van der Waals surface area (Å²) in [6, 6.07) is 0. The van der Waals surface area contributed by atoms with Gasteiger partial charge in [0.25, 0.3) is 0 Å². The van der Waals surface area contributed by atoms with Gasteiger partial charge >= 0.3 is 17.9 Å². The van der Waals surface area contributed by atoms with E-state index >= 15 is 0 Å². The Labute approximate surface area is 123 Å². The number of carboxylic acids is 3. The van der Waals surface area contributed by atoms with Gasteiger partial charge in [-0.15, -0.1) is 0 Å². The minimum atomic E-state index is -0.981. The molecule has 2 atom stereocenters. The van der Waals surface area contributed by atoms with Gasteiger partial charge in [0.05, 0.1) is 12.2 Å². The molecule has 2 unspecified atom stereocenters. The van der Waals surface area contributed by atoms with Crippen LogP contribution in [-0.2, 0) is 14.4 Å². The molecule has 0 aliphatic rings. The predicted octanol–water partition coefficient (Wildman–Crippen LogP) is 0.519. The second-order valence-corrected chi connectivity index (χ2v) is 3.11. The van der Waals surface area contributed by atoms with E-state index in [9.17, 15) is 14.4 Å². The van der Waals surface area contributed by atoms with Crippen LogP contribution in [0.4, 0.5) is 0 Å². The zero-order valence-electron chi connectivity index (χ0n) is 12.0. The number of rotatable bonds is 4. The third-order valence-electron chi connectivity index (χ3n) is 1.22. The summed E-state index contributed by atoms with van der Waals surface area (Å²) >= 11 is 0. The van der Waals surface area contributed by atoms with E-state index in [4.69, 9.17) is 25.5 Å². The van der Waals surface area contributed by atoms with Crippen molar-refractivity contribution in [3.8, 4) is 0 Å². The molecule has 0 radical (unpaired) electrons. The van der Waals surface area contributed by atoms with Gasteiger partial charge in [0, 0.05) is 18.2 Å². The molecule has 0 aromatic carbocycles. The number of carboxylic acid groups (broad SMARTS) is 3. The summed E-state index contributed by atoms with van der Waals surface area (Å²) < 4.78 is 0. The first kappa shape index (κ1) is 27.0. The highest BCUT2D eigenvalue weighted by Gasteiger charge is 1.99. The summed E-state index contributed by atoms with van der Waals surface area (Å²) in [4.78, 5) is 27.8. The number of hydrogen-bond acceptors (Lipinski definition) is 5. The van der Waals surface area contributed by atoms with Crippen molar-refractivity contribution in [2.24, 2.45) is 0 Å². The fourth-order valence-electron chi connectivity index (χ4n) is 0. The van der Waals surface area contributed by atoms with Crippen LogP contribution in [0.2, 0.25) is 0 Å². The maximum atomic E-state index is 9.25. The van der Waals surface area contributed by atoms with Gasteiger partial charge in [0.1, 0.15) is 0 Å². The van der Waals surface area contributed by atoms with Crippen LogP contribution >= 0.6 is 0 Å². The molecule has 0 aromatic heterocycles. The maximum Gasteiger partial charge on any atom is 0.327 e. The highest BCUT2D eigenvalue weighted by molar-refractivity contribution is 5.79. The normalized spacial score (nSPS) is 10.3. The van der Waals surface area contributed by atoms with E-state index in [-0.39, 0.29) is 0 Å². The lowest BCUT2D eigenvalue weighted by atomic mass is 10.3. The van der Waals surface area contributed by atoms with E-state index in [1.54, 1.807) is 13.8 Å².